The largest absolute Gasteiger partial charge is 0.497 e. The van der Waals surface area contributed by atoms with Crippen molar-refractivity contribution in [2.45, 2.75) is 25.8 Å². The number of anilines is 1. The van der Waals surface area contributed by atoms with E-state index in [1.54, 1.807) is 19.2 Å². The Morgan fingerprint density at radius 3 is 2.70 bits per heavy atom. The van der Waals surface area contributed by atoms with E-state index in [-0.39, 0.29) is 18.5 Å². The number of methoxy groups -OCH3 is 1. The van der Waals surface area contributed by atoms with Gasteiger partial charge in [0.1, 0.15) is 12.3 Å². The van der Waals surface area contributed by atoms with Crippen LogP contribution in [-0.4, -0.2) is 56.6 Å². The molecule has 0 spiro atoms. The first-order valence-corrected chi connectivity index (χ1v) is 11.4. The van der Waals surface area contributed by atoms with E-state index >= 15 is 0 Å². The third-order valence-corrected chi connectivity index (χ3v) is 5.56. The molecule has 3 N–H and O–H groups in total. The summed E-state index contributed by atoms with van der Waals surface area (Å²) < 4.78 is 5.43. The Morgan fingerprint density at radius 1 is 1.18 bits per heavy atom. The van der Waals surface area contributed by atoms with Crippen molar-refractivity contribution in [3.63, 3.8) is 0 Å². The minimum atomic E-state index is -0.203. The van der Waals surface area contributed by atoms with Crippen molar-refractivity contribution >= 4 is 17.6 Å². The molecule has 1 saturated heterocycles. The molecule has 0 aliphatic carbocycles. The first kappa shape index (κ1) is 24.1. The van der Waals surface area contributed by atoms with E-state index in [2.05, 4.69) is 43.9 Å². The zero-order valence-corrected chi connectivity index (χ0v) is 19.4. The van der Waals surface area contributed by atoms with Crippen molar-refractivity contribution in [1.82, 2.24) is 15.5 Å². The summed E-state index contributed by atoms with van der Waals surface area (Å²) in [6.07, 6.45) is 7.84. The lowest BCUT2D eigenvalue weighted by Gasteiger charge is -2.29. The molecule has 0 saturated carbocycles. The van der Waals surface area contributed by atoms with Crippen molar-refractivity contribution in [2.24, 2.45) is 4.99 Å². The van der Waals surface area contributed by atoms with E-state index in [0.717, 1.165) is 24.4 Å². The summed E-state index contributed by atoms with van der Waals surface area (Å²) >= 11 is 0. The summed E-state index contributed by atoms with van der Waals surface area (Å²) in [5.74, 6) is 3.82. The predicted octanol–water partition coefficient (Wildman–Crippen LogP) is 3.01. The fraction of sp³-hybridized carbons (Fsp3) is 0.385. The Hall–Kier alpha value is -3.50. The minimum absolute atomic E-state index is 0.00313. The lowest BCUT2D eigenvalue weighted by molar-refractivity contribution is -0.114. The number of nitrogens with zero attached hydrogens (tertiary/aromatic N) is 2. The van der Waals surface area contributed by atoms with Gasteiger partial charge in [0.2, 0.25) is 5.91 Å². The van der Waals surface area contributed by atoms with E-state index in [1.807, 2.05) is 31.2 Å². The number of carbonyl (C=O) groups excluding carboxylic acids is 1. The molecule has 2 aromatic rings. The van der Waals surface area contributed by atoms with Crippen LogP contribution in [0, 0.1) is 12.3 Å². The minimum Gasteiger partial charge on any atom is -0.497 e. The molecule has 1 aliphatic heterocycles. The van der Waals surface area contributed by atoms with E-state index in [1.165, 1.54) is 18.4 Å². The number of amides is 1. The molecule has 1 aliphatic rings. The van der Waals surface area contributed by atoms with E-state index in [0.29, 0.717) is 24.7 Å². The maximum absolute atomic E-state index is 12.4. The van der Waals surface area contributed by atoms with Crippen LogP contribution in [0.1, 0.15) is 36.9 Å². The number of hydrogen-bond acceptors (Lipinski definition) is 4. The highest BCUT2D eigenvalue weighted by Gasteiger charge is 2.24. The van der Waals surface area contributed by atoms with E-state index in [4.69, 9.17) is 11.2 Å². The molecule has 1 heterocycles. The molecule has 3 rings (SSSR count). The summed E-state index contributed by atoms with van der Waals surface area (Å²) in [6, 6.07) is 15.6. The predicted molar refractivity (Wildman–Crippen MR) is 134 cm³/mol. The highest BCUT2D eigenvalue weighted by atomic mass is 16.5. The topological polar surface area (TPSA) is 78.0 Å². The van der Waals surface area contributed by atoms with Crippen LogP contribution in [0.15, 0.2) is 53.5 Å². The van der Waals surface area contributed by atoms with E-state index in [9.17, 15) is 4.79 Å². The third kappa shape index (κ3) is 7.26. The van der Waals surface area contributed by atoms with Crippen LogP contribution in [0.25, 0.3) is 0 Å². The fourth-order valence-corrected chi connectivity index (χ4v) is 3.93. The van der Waals surface area contributed by atoms with Crippen molar-refractivity contribution in [3.8, 4) is 18.1 Å². The van der Waals surface area contributed by atoms with Gasteiger partial charge < -0.3 is 20.7 Å². The maximum atomic E-state index is 12.4. The number of guanidine groups is 1. The molecule has 33 heavy (non-hydrogen) atoms. The number of nitrogens with one attached hydrogen (secondary N) is 3. The molecular formula is C26H33N5O2. The first-order valence-electron chi connectivity index (χ1n) is 11.4. The molecule has 174 valence electrons. The van der Waals surface area contributed by atoms with Gasteiger partial charge in [-0.15, -0.1) is 6.42 Å². The monoisotopic (exact) mass is 447 g/mol. The lowest BCUT2D eigenvalue weighted by Crippen LogP contribution is -2.43. The molecule has 0 aromatic heterocycles. The van der Waals surface area contributed by atoms with Crippen molar-refractivity contribution in [3.05, 3.63) is 59.7 Å². The van der Waals surface area contributed by atoms with Crippen LogP contribution in [0.2, 0.25) is 0 Å². The van der Waals surface area contributed by atoms with Gasteiger partial charge in [0.25, 0.3) is 0 Å². The molecule has 0 bridgehead atoms. The summed E-state index contributed by atoms with van der Waals surface area (Å²) in [6.45, 7) is 5.51. The third-order valence-electron chi connectivity index (χ3n) is 5.56. The van der Waals surface area contributed by atoms with Gasteiger partial charge in [-0.3, -0.25) is 9.69 Å². The molecular weight excluding hydrogens is 414 g/mol. The number of aliphatic imine (C=N–C) groups is 1. The molecule has 1 atom stereocenters. The Labute approximate surface area is 196 Å². The van der Waals surface area contributed by atoms with Gasteiger partial charge in [-0.05, 0) is 68.8 Å². The number of rotatable bonds is 9. The van der Waals surface area contributed by atoms with Crippen LogP contribution in [0.3, 0.4) is 0 Å². The Kier molecular flexibility index (Phi) is 9.16. The summed E-state index contributed by atoms with van der Waals surface area (Å²) in [4.78, 5) is 19.4. The maximum Gasteiger partial charge on any atom is 0.246 e. The number of likely N-dealkylation sites (tertiary alicyclic amines) is 1. The Bertz CT molecular complexity index is 992. The second kappa shape index (κ2) is 12.5. The van der Waals surface area contributed by atoms with Gasteiger partial charge in [0.15, 0.2) is 5.96 Å². The van der Waals surface area contributed by atoms with Crippen LogP contribution in [-0.2, 0) is 4.79 Å². The summed E-state index contributed by atoms with van der Waals surface area (Å²) in [7, 11) is 1.69. The van der Waals surface area contributed by atoms with Crippen molar-refractivity contribution in [1.29, 1.82) is 0 Å². The molecule has 1 amide bonds. The van der Waals surface area contributed by atoms with Crippen LogP contribution in [0.5, 0.6) is 5.75 Å². The lowest BCUT2D eigenvalue weighted by atomic mass is 10.1. The summed E-state index contributed by atoms with van der Waals surface area (Å²) in [5.41, 5.74) is 2.58. The normalized spacial score (nSPS) is 14.9. The molecule has 2 aromatic carbocycles. The van der Waals surface area contributed by atoms with Gasteiger partial charge in [-0.1, -0.05) is 24.1 Å². The summed E-state index contributed by atoms with van der Waals surface area (Å²) in [5, 5.41) is 9.49. The quantitative estimate of drug-likeness (QED) is 0.313. The molecule has 0 radical (unpaired) electrons. The SMILES string of the molecule is C#Cc1cccc(NC(=O)CN=C(NCC)NCC(c2cccc(OC)c2)N2CCCC2)c1. The van der Waals surface area contributed by atoms with Gasteiger partial charge >= 0.3 is 0 Å². The Balaban J connectivity index is 1.65. The highest BCUT2D eigenvalue weighted by molar-refractivity contribution is 5.94. The molecule has 7 nitrogen and oxygen atoms in total. The number of ether oxygens (including phenoxy) is 1. The van der Waals surface area contributed by atoms with Gasteiger partial charge in [-0.2, -0.15) is 0 Å². The first-order chi connectivity index (χ1) is 16.1. The second-order valence-corrected chi connectivity index (χ2v) is 7.88. The molecule has 1 unspecified atom stereocenters. The number of carbonyl (C=O) groups is 1. The standard InChI is InChI=1S/C26H33N5O2/c1-4-20-10-8-12-22(16-20)30-25(32)19-29-26(27-5-2)28-18-24(31-14-6-7-15-31)21-11-9-13-23(17-21)33-3/h1,8-13,16-17,24H,5-7,14-15,18-19H2,2-3H3,(H,30,32)(H2,27,28,29). The smallest absolute Gasteiger partial charge is 0.246 e. The zero-order chi connectivity index (χ0) is 23.5. The second-order valence-electron chi connectivity index (χ2n) is 7.88. The highest BCUT2D eigenvalue weighted by Crippen LogP contribution is 2.27. The van der Waals surface area contributed by atoms with Gasteiger partial charge in [0.05, 0.1) is 13.2 Å². The number of benzene rings is 2. The molecule has 1 fully saturated rings. The van der Waals surface area contributed by atoms with Crippen LogP contribution >= 0.6 is 0 Å². The van der Waals surface area contributed by atoms with Gasteiger partial charge in [0, 0.05) is 24.3 Å². The molecule has 7 heteroatoms. The van der Waals surface area contributed by atoms with Crippen molar-refractivity contribution < 1.29 is 9.53 Å². The van der Waals surface area contributed by atoms with Gasteiger partial charge in [-0.25, -0.2) is 4.99 Å². The Morgan fingerprint density at radius 2 is 1.97 bits per heavy atom. The van der Waals surface area contributed by atoms with Crippen LogP contribution in [0.4, 0.5) is 5.69 Å². The zero-order valence-electron chi connectivity index (χ0n) is 19.4. The number of hydrogen-bond donors (Lipinski definition) is 3. The fourth-order valence-electron chi connectivity index (χ4n) is 3.93. The number of terminal acetylenes is 1. The van der Waals surface area contributed by atoms with Crippen molar-refractivity contribution in [2.75, 3.05) is 45.2 Å². The van der Waals surface area contributed by atoms with Crippen LogP contribution < -0.4 is 20.7 Å². The average Bonchev–Trinajstić information content (AvgIpc) is 3.37. The average molecular weight is 448 g/mol. The van der Waals surface area contributed by atoms with E-state index < -0.39 is 0 Å².